The van der Waals surface area contributed by atoms with E-state index in [2.05, 4.69) is 27.8 Å². The maximum atomic E-state index is 13.2. The highest BCUT2D eigenvalue weighted by Crippen LogP contribution is 2.34. The number of aromatic hydroxyl groups is 1. The van der Waals surface area contributed by atoms with E-state index in [-0.39, 0.29) is 34.5 Å². The molecular formula is C27H22N2O3. The predicted octanol–water partition coefficient (Wildman–Crippen LogP) is 4.14. The molecule has 2 aromatic carbocycles. The van der Waals surface area contributed by atoms with Crippen molar-refractivity contribution in [1.29, 1.82) is 0 Å². The van der Waals surface area contributed by atoms with Crippen LogP contribution >= 0.6 is 0 Å². The van der Waals surface area contributed by atoms with Gasteiger partial charge in [0.25, 0.3) is 0 Å². The molecule has 0 bridgehead atoms. The quantitative estimate of drug-likeness (QED) is 0.492. The van der Waals surface area contributed by atoms with Gasteiger partial charge in [-0.15, -0.1) is 0 Å². The first-order valence-electron chi connectivity index (χ1n) is 10.8. The third-order valence-electron chi connectivity index (χ3n) is 6.24. The molecule has 32 heavy (non-hydrogen) atoms. The Morgan fingerprint density at radius 1 is 0.969 bits per heavy atom. The van der Waals surface area contributed by atoms with E-state index in [0.717, 1.165) is 19.4 Å². The van der Waals surface area contributed by atoms with Gasteiger partial charge in [0, 0.05) is 35.1 Å². The van der Waals surface area contributed by atoms with Gasteiger partial charge >= 0.3 is 0 Å². The lowest BCUT2D eigenvalue weighted by molar-refractivity contribution is 0.0976. The van der Waals surface area contributed by atoms with E-state index in [9.17, 15) is 14.7 Å². The number of carbonyl (C=O) groups excluding carboxylic acids is 2. The van der Waals surface area contributed by atoms with Gasteiger partial charge in [0.2, 0.25) is 0 Å². The Morgan fingerprint density at radius 2 is 1.75 bits per heavy atom. The number of benzene rings is 2. The van der Waals surface area contributed by atoms with Crippen molar-refractivity contribution < 1.29 is 14.7 Å². The van der Waals surface area contributed by atoms with Crippen LogP contribution in [0.3, 0.4) is 0 Å². The lowest BCUT2D eigenvalue weighted by atomic mass is 9.81. The molecule has 1 atom stereocenters. The number of carbonyl (C=O) groups is 2. The smallest absolute Gasteiger partial charge is 0.198 e. The third-order valence-corrected chi connectivity index (χ3v) is 6.24. The number of hydrogen-bond donors (Lipinski definition) is 1. The number of nitrogens with zero attached hydrogens (tertiary/aromatic N) is 2. The maximum absolute atomic E-state index is 13.2. The van der Waals surface area contributed by atoms with Gasteiger partial charge in [-0.2, -0.15) is 0 Å². The molecule has 5 heteroatoms. The zero-order valence-electron chi connectivity index (χ0n) is 17.5. The monoisotopic (exact) mass is 422 g/mol. The van der Waals surface area contributed by atoms with Gasteiger partial charge in [-0.3, -0.25) is 19.5 Å². The Balaban J connectivity index is 1.47. The van der Waals surface area contributed by atoms with E-state index in [1.165, 1.54) is 18.1 Å². The molecule has 1 aliphatic heterocycles. The second kappa shape index (κ2) is 8.41. The number of fused-ring (bicyclic) bond motifs is 2. The average molecular weight is 422 g/mol. The second-order valence-corrected chi connectivity index (χ2v) is 8.16. The molecule has 1 aliphatic carbocycles. The topological polar surface area (TPSA) is 70.5 Å². The van der Waals surface area contributed by atoms with E-state index in [1.807, 2.05) is 12.3 Å². The summed E-state index contributed by atoms with van der Waals surface area (Å²) in [6, 6.07) is 14.1. The molecule has 0 radical (unpaired) electrons. The summed E-state index contributed by atoms with van der Waals surface area (Å²) in [5.41, 5.74) is 2.58. The molecular weight excluding hydrogens is 400 g/mol. The zero-order chi connectivity index (χ0) is 22.1. The van der Waals surface area contributed by atoms with Crippen LogP contribution < -0.4 is 0 Å². The lowest BCUT2D eigenvalue weighted by Gasteiger charge is -2.34. The first kappa shape index (κ1) is 20.2. The average Bonchev–Trinajstić information content (AvgIpc) is 2.84. The van der Waals surface area contributed by atoms with Gasteiger partial charge in [0.1, 0.15) is 5.75 Å². The van der Waals surface area contributed by atoms with Crippen LogP contribution in [0.2, 0.25) is 0 Å². The van der Waals surface area contributed by atoms with Gasteiger partial charge < -0.3 is 5.11 Å². The third kappa shape index (κ3) is 3.49. The summed E-state index contributed by atoms with van der Waals surface area (Å²) in [4.78, 5) is 32.7. The summed E-state index contributed by atoms with van der Waals surface area (Å²) in [7, 11) is 0. The minimum atomic E-state index is -0.343. The Labute approximate surface area is 186 Å². The number of phenolic OH excluding ortho intramolecular Hbond substituents is 1. The fourth-order valence-electron chi connectivity index (χ4n) is 4.68. The summed E-state index contributed by atoms with van der Waals surface area (Å²) < 4.78 is 0. The van der Waals surface area contributed by atoms with E-state index in [4.69, 9.17) is 0 Å². The van der Waals surface area contributed by atoms with E-state index < -0.39 is 0 Å². The van der Waals surface area contributed by atoms with Crippen molar-refractivity contribution in [1.82, 2.24) is 9.88 Å². The molecule has 1 fully saturated rings. The first-order chi connectivity index (χ1) is 15.6. The summed E-state index contributed by atoms with van der Waals surface area (Å²) >= 11 is 0. The van der Waals surface area contributed by atoms with Crippen LogP contribution in [0.25, 0.3) is 0 Å². The SMILES string of the molecule is O=C1c2ccccc2C(=O)c2c(C#CCN3CCCCC3c3cccnc3)ccc(O)c21. The van der Waals surface area contributed by atoms with E-state index in [1.54, 1.807) is 36.5 Å². The molecule has 0 amide bonds. The summed E-state index contributed by atoms with van der Waals surface area (Å²) in [5.74, 6) is 5.51. The molecule has 2 aliphatic rings. The normalized spacial score (nSPS) is 17.8. The summed E-state index contributed by atoms with van der Waals surface area (Å²) in [6.07, 6.45) is 7.04. The first-order valence-corrected chi connectivity index (χ1v) is 10.8. The summed E-state index contributed by atoms with van der Waals surface area (Å²) in [6.45, 7) is 1.50. The van der Waals surface area contributed by atoms with Gasteiger partial charge in [0.15, 0.2) is 11.6 Å². The van der Waals surface area contributed by atoms with Gasteiger partial charge in [0.05, 0.1) is 17.7 Å². The number of rotatable bonds is 2. The van der Waals surface area contributed by atoms with Crippen molar-refractivity contribution >= 4 is 11.6 Å². The maximum Gasteiger partial charge on any atom is 0.198 e. The Morgan fingerprint density at radius 3 is 2.50 bits per heavy atom. The molecule has 3 aromatic rings. The Kier molecular flexibility index (Phi) is 5.30. The molecule has 5 rings (SSSR count). The van der Waals surface area contributed by atoms with Crippen molar-refractivity contribution in [3.63, 3.8) is 0 Å². The van der Waals surface area contributed by atoms with Gasteiger partial charge in [-0.25, -0.2) is 0 Å². The minimum absolute atomic E-state index is 0.0479. The van der Waals surface area contributed by atoms with Crippen LogP contribution in [0.1, 0.15) is 68.3 Å². The number of aromatic nitrogens is 1. The number of hydrogen-bond acceptors (Lipinski definition) is 5. The minimum Gasteiger partial charge on any atom is -0.507 e. The standard InChI is InChI=1S/C27H22N2O3/c30-23-13-12-18(24-25(23)27(32)21-10-2-1-9-20(21)26(24)31)8-6-16-29-15-4-3-11-22(29)19-7-5-14-28-17-19/h1-2,5,7,9-10,12-14,17,22,30H,3-4,11,15-16H2. The van der Waals surface area contributed by atoms with Crippen LogP contribution in [0.15, 0.2) is 60.9 Å². The molecule has 0 spiro atoms. The number of pyridine rings is 1. The molecule has 1 unspecified atom stereocenters. The molecule has 1 saturated heterocycles. The van der Waals surface area contributed by atoms with Gasteiger partial charge in [-0.1, -0.05) is 48.6 Å². The Bertz CT molecular complexity index is 1270. The fraction of sp³-hybridized carbons (Fsp3) is 0.222. The van der Waals surface area contributed by atoms with Crippen molar-refractivity contribution in [2.75, 3.05) is 13.1 Å². The van der Waals surface area contributed by atoms with Crippen LogP contribution in [-0.2, 0) is 0 Å². The highest BCUT2D eigenvalue weighted by Gasteiger charge is 2.33. The molecule has 1 N–H and O–H groups in total. The molecule has 158 valence electrons. The largest absolute Gasteiger partial charge is 0.507 e. The number of ketones is 2. The fourth-order valence-corrected chi connectivity index (χ4v) is 4.68. The second-order valence-electron chi connectivity index (χ2n) is 8.16. The number of piperidine rings is 1. The van der Waals surface area contributed by atoms with Crippen molar-refractivity contribution in [2.24, 2.45) is 0 Å². The van der Waals surface area contributed by atoms with Crippen LogP contribution in [0.5, 0.6) is 5.75 Å². The van der Waals surface area contributed by atoms with E-state index in [0.29, 0.717) is 23.2 Å². The number of phenols is 1. The van der Waals surface area contributed by atoms with Crippen molar-refractivity contribution in [3.8, 4) is 17.6 Å². The summed E-state index contributed by atoms with van der Waals surface area (Å²) in [5, 5.41) is 10.3. The highest BCUT2D eigenvalue weighted by atomic mass is 16.3. The van der Waals surface area contributed by atoms with Crippen molar-refractivity contribution in [2.45, 2.75) is 25.3 Å². The van der Waals surface area contributed by atoms with Crippen LogP contribution in [0.4, 0.5) is 0 Å². The molecule has 0 saturated carbocycles. The molecule has 1 aromatic heterocycles. The Hall–Kier alpha value is -3.75. The zero-order valence-corrected chi connectivity index (χ0v) is 17.5. The predicted molar refractivity (Wildman–Crippen MR) is 121 cm³/mol. The highest BCUT2D eigenvalue weighted by molar-refractivity contribution is 6.30. The van der Waals surface area contributed by atoms with Crippen molar-refractivity contribution in [3.05, 3.63) is 94.3 Å². The van der Waals surface area contributed by atoms with Gasteiger partial charge in [-0.05, 0) is 43.1 Å². The lowest BCUT2D eigenvalue weighted by Crippen LogP contribution is -2.33. The molecule has 2 heterocycles. The van der Waals surface area contributed by atoms with Crippen LogP contribution in [0, 0.1) is 11.8 Å². The van der Waals surface area contributed by atoms with Crippen LogP contribution in [-0.4, -0.2) is 39.6 Å². The molecule has 5 nitrogen and oxygen atoms in total. The van der Waals surface area contributed by atoms with E-state index >= 15 is 0 Å². The number of likely N-dealkylation sites (tertiary alicyclic amines) is 1.